The normalized spacial score (nSPS) is 9.56. The fraction of sp³-hybridized carbons (Fsp3) is 0.200. The third-order valence-corrected chi connectivity index (χ3v) is 1.21. The highest BCUT2D eigenvalue weighted by Crippen LogP contribution is 2.09. The first-order valence-corrected chi connectivity index (χ1v) is 2.76. The van der Waals surface area contributed by atoms with Gasteiger partial charge in [-0.15, -0.1) is 0 Å². The Morgan fingerprint density at radius 2 is 2.56 bits per heavy atom. The van der Waals surface area contributed by atoms with Crippen LogP contribution in [-0.2, 0) is 7.05 Å². The number of hydrogen-bond acceptors (Lipinski definition) is 2. The molecular formula is C5H5ClN2O. The molecule has 0 fully saturated rings. The lowest BCUT2D eigenvalue weighted by molar-refractivity contribution is 0.111. The minimum atomic E-state index is 0.291. The standard InChI is InChI=1S/C5H5ClN2O/c1-8-2-4(6)5(3-9)7-8/h2-3H,1H3. The van der Waals surface area contributed by atoms with Crippen LogP contribution in [-0.4, -0.2) is 16.1 Å². The van der Waals surface area contributed by atoms with E-state index in [1.807, 2.05) is 0 Å². The molecule has 1 aromatic heterocycles. The van der Waals surface area contributed by atoms with Gasteiger partial charge in [-0.2, -0.15) is 5.10 Å². The van der Waals surface area contributed by atoms with Crippen molar-refractivity contribution in [3.05, 3.63) is 16.9 Å². The molecule has 0 N–H and O–H groups in total. The first-order chi connectivity index (χ1) is 4.24. The number of hydrogen-bond donors (Lipinski definition) is 0. The Balaban J connectivity index is 3.15. The first kappa shape index (κ1) is 6.29. The molecule has 0 aliphatic rings. The Labute approximate surface area is 57.2 Å². The molecule has 0 amide bonds. The van der Waals surface area contributed by atoms with Crippen molar-refractivity contribution in [2.45, 2.75) is 0 Å². The molecule has 0 aromatic carbocycles. The SMILES string of the molecule is Cn1cc(Cl)c(C=O)n1. The average Bonchev–Trinajstić information content (AvgIpc) is 2.10. The van der Waals surface area contributed by atoms with Crippen LogP contribution in [0.1, 0.15) is 10.5 Å². The van der Waals surface area contributed by atoms with E-state index in [-0.39, 0.29) is 0 Å². The fourth-order valence-corrected chi connectivity index (χ4v) is 0.780. The summed E-state index contributed by atoms with van der Waals surface area (Å²) in [6, 6.07) is 0. The number of aryl methyl sites for hydroxylation is 1. The van der Waals surface area contributed by atoms with Gasteiger partial charge in [0.15, 0.2) is 6.29 Å². The molecule has 0 aliphatic carbocycles. The lowest BCUT2D eigenvalue weighted by Crippen LogP contribution is -1.88. The Kier molecular flexibility index (Phi) is 1.53. The summed E-state index contributed by atoms with van der Waals surface area (Å²) in [6.07, 6.45) is 2.20. The number of carbonyl (C=O) groups is 1. The molecule has 0 unspecified atom stereocenters. The molecule has 0 saturated heterocycles. The smallest absolute Gasteiger partial charge is 0.171 e. The van der Waals surface area contributed by atoms with Crippen LogP contribution in [0, 0.1) is 0 Å². The van der Waals surface area contributed by atoms with Gasteiger partial charge in [-0.1, -0.05) is 11.6 Å². The molecule has 0 radical (unpaired) electrons. The van der Waals surface area contributed by atoms with Gasteiger partial charge in [-0.05, 0) is 0 Å². The molecule has 1 heterocycles. The predicted octanol–water partition coefficient (Wildman–Crippen LogP) is 0.886. The predicted molar refractivity (Wildman–Crippen MR) is 33.6 cm³/mol. The summed E-state index contributed by atoms with van der Waals surface area (Å²) in [5, 5.41) is 4.14. The molecule has 1 rings (SSSR count). The van der Waals surface area contributed by atoms with Crippen molar-refractivity contribution < 1.29 is 4.79 Å². The van der Waals surface area contributed by atoms with Gasteiger partial charge in [-0.3, -0.25) is 9.48 Å². The van der Waals surface area contributed by atoms with Gasteiger partial charge < -0.3 is 0 Å². The lowest BCUT2D eigenvalue weighted by Gasteiger charge is -1.79. The minimum Gasteiger partial charge on any atom is -0.296 e. The highest BCUT2D eigenvalue weighted by Gasteiger charge is 2.00. The highest BCUT2D eigenvalue weighted by atomic mass is 35.5. The van der Waals surface area contributed by atoms with Crippen molar-refractivity contribution in [2.24, 2.45) is 7.05 Å². The monoisotopic (exact) mass is 144 g/mol. The lowest BCUT2D eigenvalue weighted by atomic mass is 10.5. The van der Waals surface area contributed by atoms with Gasteiger partial charge in [0.05, 0.1) is 5.02 Å². The number of nitrogens with zero attached hydrogens (tertiary/aromatic N) is 2. The van der Waals surface area contributed by atoms with Gasteiger partial charge in [0.1, 0.15) is 5.69 Å². The van der Waals surface area contributed by atoms with Crippen LogP contribution >= 0.6 is 11.6 Å². The second-order valence-corrected chi connectivity index (χ2v) is 2.06. The number of halogens is 1. The fourth-order valence-electron chi connectivity index (χ4n) is 0.557. The van der Waals surface area contributed by atoms with Crippen molar-refractivity contribution in [2.75, 3.05) is 0 Å². The molecule has 1 aromatic rings. The van der Waals surface area contributed by atoms with Crippen LogP contribution < -0.4 is 0 Å². The summed E-state index contributed by atoms with van der Waals surface area (Å²) < 4.78 is 1.49. The maximum absolute atomic E-state index is 10.1. The molecule has 0 saturated carbocycles. The maximum Gasteiger partial charge on any atom is 0.171 e. The Morgan fingerprint density at radius 1 is 1.89 bits per heavy atom. The molecule has 4 heteroatoms. The van der Waals surface area contributed by atoms with Gasteiger partial charge in [0.25, 0.3) is 0 Å². The van der Waals surface area contributed by atoms with E-state index in [9.17, 15) is 4.79 Å². The zero-order valence-corrected chi connectivity index (χ0v) is 5.59. The molecule has 0 bridgehead atoms. The summed E-state index contributed by atoms with van der Waals surface area (Å²) in [4.78, 5) is 10.1. The second kappa shape index (κ2) is 2.19. The highest BCUT2D eigenvalue weighted by molar-refractivity contribution is 6.32. The zero-order valence-electron chi connectivity index (χ0n) is 4.84. The third-order valence-electron chi connectivity index (χ3n) is 0.922. The molecule has 48 valence electrons. The van der Waals surface area contributed by atoms with E-state index in [1.165, 1.54) is 4.68 Å². The van der Waals surface area contributed by atoms with Crippen molar-refractivity contribution in [1.82, 2.24) is 9.78 Å². The number of carbonyl (C=O) groups excluding carboxylic acids is 1. The van der Waals surface area contributed by atoms with Crippen molar-refractivity contribution >= 4 is 17.9 Å². The molecular weight excluding hydrogens is 140 g/mol. The summed E-state index contributed by atoms with van der Waals surface area (Å²) in [5.74, 6) is 0. The maximum atomic E-state index is 10.1. The summed E-state index contributed by atoms with van der Waals surface area (Å²) in [5.41, 5.74) is 0.291. The van der Waals surface area contributed by atoms with Crippen LogP contribution in [0.5, 0.6) is 0 Å². The molecule has 0 atom stereocenters. The van der Waals surface area contributed by atoms with Gasteiger partial charge in [0.2, 0.25) is 0 Å². The Morgan fingerprint density at radius 3 is 2.78 bits per heavy atom. The first-order valence-electron chi connectivity index (χ1n) is 2.38. The quantitative estimate of drug-likeness (QED) is 0.549. The van der Waals surface area contributed by atoms with Gasteiger partial charge in [-0.25, -0.2) is 0 Å². The number of aromatic nitrogens is 2. The summed E-state index contributed by atoms with van der Waals surface area (Å²) in [6.45, 7) is 0. The summed E-state index contributed by atoms with van der Waals surface area (Å²) >= 11 is 5.53. The van der Waals surface area contributed by atoms with E-state index in [0.717, 1.165) is 0 Å². The topological polar surface area (TPSA) is 34.9 Å². The Bertz CT molecular complexity index is 231. The van der Waals surface area contributed by atoms with Gasteiger partial charge >= 0.3 is 0 Å². The minimum absolute atomic E-state index is 0.291. The van der Waals surface area contributed by atoms with E-state index in [0.29, 0.717) is 17.0 Å². The molecule has 0 spiro atoms. The molecule has 3 nitrogen and oxygen atoms in total. The third kappa shape index (κ3) is 1.10. The van der Waals surface area contributed by atoms with Crippen molar-refractivity contribution in [3.8, 4) is 0 Å². The number of aldehydes is 1. The van der Waals surface area contributed by atoms with Crippen molar-refractivity contribution in [3.63, 3.8) is 0 Å². The van der Waals surface area contributed by atoms with Crippen LogP contribution in [0.4, 0.5) is 0 Å². The molecule has 0 aliphatic heterocycles. The van der Waals surface area contributed by atoms with Crippen molar-refractivity contribution in [1.29, 1.82) is 0 Å². The van der Waals surface area contributed by atoms with Gasteiger partial charge in [0, 0.05) is 13.2 Å². The van der Waals surface area contributed by atoms with E-state index in [2.05, 4.69) is 5.10 Å². The Hall–Kier alpha value is -0.830. The zero-order chi connectivity index (χ0) is 6.85. The number of rotatable bonds is 1. The van der Waals surface area contributed by atoms with E-state index < -0.39 is 0 Å². The van der Waals surface area contributed by atoms with Crippen LogP contribution in [0.15, 0.2) is 6.20 Å². The van der Waals surface area contributed by atoms with Crippen LogP contribution in [0.25, 0.3) is 0 Å². The second-order valence-electron chi connectivity index (χ2n) is 1.65. The van der Waals surface area contributed by atoms with E-state index >= 15 is 0 Å². The molecule has 9 heavy (non-hydrogen) atoms. The largest absolute Gasteiger partial charge is 0.296 e. The average molecular weight is 145 g/mol. The van der Waals surface area contributed by atoms with E-state index in [4.69, 9.17) is 11.6 Å². The van der Waals surface area contributed by atoms with E-state index in [1.54, 1.807) is 13.2 Å². The van der Waals surface area contributed by atoms with Crippen LogP contribution in [0.3, 0.4) is 0 Å². The summed E-state index contributed by atoms with van der Waals surface area (Å²) in [7, 11) is 1.71. The van der Waals surface area contributed by atoms with Crippen LogP contribution in [0.2, 0.25) is 5.02 Å².